The molecule has 0 saturated heterocycles. The van der Waals surface area contributed by atoms with Crippen LogP contribution in [-0.4, -0.2) is 24.7 Å². The minimum atomic E-state index is -5.75. The monoisotopic (exact) mass is 355 g/mol. The number of alkyl halides is 6. The summed E-state index contributed by atoms with van der Waals surface area (Å²) in [5.41, 5.74) is -2.57. The van der Waals surface area contributed by atoms with Gasteiger partial charge in [-0.25, -0.2) is 13.6 Å². The Morgan fingerprint density at radius 2 is 1.73 bits per heavy atom. The zero-order valence-electron chi connectivity index (χ0n) is 9.77. The zero-order valence-corrected chi connectivity index (χ0v) is 10.6. The Labute approximate surface area is 116 Å². The number of rotatable bonds is 3. The lowest BCUT2D eigenvalue weighted by atomic mass is 10.2. The van der Waals surface area contributed by atoms with E-state index in [-0.39, 0.29) is 6.20 Å². The predicted molar refractivity (Wildman–Crippen MR) is 53.9 cm³/mol. The molecule has 1 aromatic rings. The van der Waals surface area contributed by atoms with E-state index in [9.17, 15) is 44.9 Å². The van der Waals surface area contributed by atoms with E-state index in [1.807, 2.05) is 0 Å². The van der Waals surface area contributed by atoms with Crippen molar-refractivity contribution in [1.82, 2.24) is 4.98 Å². The van der Waals surface area contributed by atoms with Crippen LogP contribution in [0.3, 0.4) is 0 Å². The zero-order chi connectivity index (χ0) is 17.5. The van der Waals surface area contributed by atoms with Crippen molar-refractivity contribution < 1.29 is 44.4 Å². The Morgan fingerprint density at radius 3 is 2.05 bits per heavy atom. The summed E-state index contributed by atoms with van der Waals surface area (Å²) in [5, 5.41) is 15.0. The molecule has 0 amide bonds. The molecule has 1 heterocycles. The summed E-state index contributed by atoms with van der Waals surface area (Å²) in [5.74, 6) is -3.97. The summed E-state index contributed by atoms with van der Waals surface area (Å²) in [6.07, 6.45) is -11.7. The first-order valence-corrected chi connectivity index (χ1v) is 6.22. The highest BCUT2D eigenvalue weighted by Gasteiger charge is 2.48. The second-order valence-corrected chi connectivity index (χ2v) is 5.00. The first-order chi connectivity index (χ1) is 9.64. The number of hydrogen-bond donors (Lipinski definition) is 1. The van der Waals surface area contributed by atoms with E-state index in [0.29, 0.717) is 0 Å². The third-order valence-corrected chi connectivity index (χ3v) is 2.90. The standard InChI is InChI=1S/C7H3F6N3O5S/c8-6(9,10)3-2(21-7(11,12)13)1-15-5(16(17)18)4(3)22(14,19)20/h1H,(H2,14,19,20). The highest BCUT2D eigenvalue weighted by Crippen LogP contribution is 2.44. The van der Waals surface area contributed by atoms with E-state index < -0.39 is 49.5 Å². The Kier molecular flexibility index (Phi) is 4.26. The predicted octanol–water partition coefficient (Wildman–Crippen LogP) is 1.55. The van der Waals surface area contributed by atoms with Gasteiger partial charge in [-0.3, -0.25) is 0 Å². The van der Waals surface area contributed by atoms with Crippen LogP contribution in [-0.2, 0) is 16.2 Å². The van der Waals surface area contributed by atoms with Gasteiger partial charge in [0.1, 0.15) is 5.56 Å². The van der Waals surface area contributed by atoms with Crippen LogP contribution in [0, 0.1) is 10.1 Å². The number of hydrogen-bond acceptors (Lipinski definition) is 6. The second-order valence-electron chi connectivity index (χ2n) is 3.50. The van der Waals surface area contributed by atoms with Crippen molar-refractivity contribution in [3.8, 4) is 5.75 Å². The minimum Gasteiger partial charge on any atom is -0.401 e. The summed E-state index contributed by atoms with van der Waals surface area (Å²) >= 11 is 0. The van der Waals surface area contributed by atoms with Gasteiger partial charge in [-0.2, -0.15) is 13.2 Å². The molecule has 0 spiro atoms. The van der Waals surface area contributed by atoms with Crippen LogP contribution < -0.4 is 9.88 Å². The van der Waals surface area contributed by atoms with Crippen molar-refractivity contribution in [2.75, 3.05) is 0 Å². The Morgan fingerprint density at radius 1 is 1.23 bits per heavy atom. The fraction of sp³-hybridized carbons (Fsp3) is 0.286. The number of nitrogens with two attached hydrogens (primary N) is 1. The fourth-order valence-electron chi connectivity index (χ4n) is 1.34. The molecule has 8 nitrogen and oxygen atoms in total. The molecule has 1 aromatic heterocycles. The van der Waals surface area contributed by atoms with Crippen LogP contribution in [0.25, 0.3) is 0 Å². The first kappa shape index (κ1) is 17.9. The van der Waals surface area contributed by atoms with Gasteiger partial charge in [0.25, 0.3) is 0 Å². The first-order valence-electron chi connectivity index (χ1n) is 4.67. The number of nitrogens with zero attached hydrogens (tertiary/aromatic N) is 2. The number of sulfonamides is 1. The summed E-state index contributed by atoms with van der Waals surface area (Å²) < 4.78 is 100.0. The quantitative estimate of drug-likeness (QED) is 0.498. The maximum Gasteiger partial charge on any atom is 0.573 e. The van der Waals surface area contributed by atoms with Crippen molar-refractivity contribution in [2.45, 2.75) is 17.4 Å². The van der Waals surface area contributed by atoms with Gasteiger partial charge in [0, 0.05) is 0 Å². The number of nitro groups is 1. The van der Waals surface area contributed by atoms with Crippen molar-refractivity contribution in [3.63, 3.8) is 0 Å². The topological polar surface area (TPSA) is 125 Å². The van der Waals surface area contributed by atoms with Gasteiger partial charge in [0.15, 0.2) is 16.8 Å². The van der Waals surface area contributed by atoms with Gasteiger partial charge in [-0.1, -0.05) is 0 Å². The highest BCUT2D eigenvalue weighted by molar-refractivity contribution is 7.89. The van der Waals surface area contributed by atoms with Gasteiger partial charge >= 0.3 is 18.4 Å². The SMILES string of the molecule is NS(=O)(=O)c1c([N+](=O)[O-])ncc(OC(F)(F)F)c1C(F)(F)F. The molecule has 1 rings (SSSR count). The molecule has 15 heteroatoms. The normalized spacial score (nSPS) is 13.0. The molecule has 124 valence electrons. The van der Waals surface area contributed by atoms with Gasteiger partial charge in [0.2, 0.25) is 10.0 Å². The number of primary sulfonamides is 1. The average Bonchev–Trinajstić information content (AvgIpc) is 2.22. The van der Waals surface area contributed by atoms with E-state index in [4.69, 9.17) is 0 Å². The fourth-order valence-corrected chi connectivity index (χ4v) is 2.22. The molecular weight excluding hydrogens is 352 g/mol. The summed E-state index contributed by atoms with van der Waals surface area (Å²) in [7, 11) is -5.44. The number of pyridine rings is 1. The molecule has 0 aromatic carbocycles. The Hall–Kier alpha value is -2.16. The molecule has 0 saturated carbocycles. The molecule has 2 N–H and O–H groups in total. The van der Waals surface area contributed by atoms with Crippen LogP contribution in [0.1, 0.15) is 5.56 Å². The van der Waals surface area contributed by atoms with Crippen molar-refractivity contribution in [3.05, 3.63) is 21.9 Å². The Bertz CT molecular complexity index is 713. The van der Waals surface area contributed by atoms with Gasteiger partial charge in [-0.15, -0.1) is 13.2 Å². The van der Waals surface area contributed by atoms with E-state index in [0.717, 1.165) is 0 Å². The third-order valence-electron chi connectivity index (χ3n) is 1.95. The number of ether oxygens (including phenoxy) is 1. The van der Waals surface area contributed by atoms with Gasteiger partial charge in [-0.05, 0) is 9.91 Å². The number of aromatic nitrogens is 1. The van der Waals surface area contributed by atoms with Gasteiger partial charge < -0.3 is 14.9 Å². The van der Waals surface area contributed by atoms with Crippen molar-refractivity contribution >= 4 is 15.8 Å². The van der Waals surface area contributed by atoms with Crippen molar-refractivity contribution in [1.29, 1.82) is 0 Å². The van der Waals surface area contributed by atoms with Crippen LogP contribution in [0.2, 0.25) is 0 Å². The molecule has 0 unspecified atom stereocenters. The third kappa shape index (κ3) is 3.94. The summed E-state index contributed by atoms with van der Waals surface area (Å²) in [6, 6.07) is 0. The Balaban J connectivity index is 3.90. The van der Waals surface area contributed by atoms with E-state index in [2.05, 4.69) is 14.9 Å². The maximum absolute atomic E-state index is 12.8. The summed E-state index contributed by atoms with van der Waals surface area (Å²) in [4.78, 5) is 9.28. The van der Waals surface area contributed by atoms with Crippen molar-refractivity contribution in [2.24, 2.45) is 5.14 Å². The van der Waals surface area contributed by atoms with Gasteiger partial charge in [0.05, 0.1) is 0 Å². The average molecular weight is 355 g/mol. The lowest BCUT2D eigenvalue weighted by Crippen LogP contribution is -2.25. The molecule has 0 fully saturated rings. The molecule has 22 heavy (non-hydrogen) atoms. The molecule has 0 radical (unpaired) electrons. The molecule has 0 atom stereocenters. The molecule has 0 aliphatic carbocycles. The number of halogens is 6. The minimum absolute atomic E-state index is 0.275. The van der Waals surface area contributed by atoms with E-state index in [1.54, 1.807) is 0 Å². The summed E-state index contributed by atoms with van der Waals surface area (Å²) in [6.45, 7) is 0. The maximum atomic E-state index is 12.8. The van der Waals surface area contributed by atoms with E-state index >= 15 is 0 Å². The van der Waals surface area contributed by atoms with Crippen LogP contribution in [0.5, 0.6) is 5.75 Å². The molecule has 0 aliphatic rings. The highest BCUT2D eigenvalue weighted by atomic mass is 32.2. The van der Waals surface area contributed by atoms with Crippen LogP contribution in [0.15, 0.2) is 11.1 Å². The smallest absolute Gasteiger partial charge is 0.401 e. The lowest BCUT2D eigenvalue weighted by molar-refractivity contribution is -0.393. The molecular formula is C7H3F6N3O5S. The largest absolute Gasteiger partial charge is 0.573 e. The lowest BCUT2D eigenvalue weighted by Gasteiger charge is -2.16. The molecule has 0 aliphatic heterocycles. The van der Waals surface area contributed by atoms with Crippen LogP contribution >= 0.6 is 0 Å². The van der Waals surface area contributed by atoms with E-state index in [1.165, 1.54) is 0 Å². The molecule has 0 bridgehead atoms. The second kappa shape index (κ2) is 5.24. The van der Waals surface area contributed by atoms with Crippen LogP contribution in [0.4, 0.5) is 32.2 Å².